The summed E-state index contributed by atoms with van der Waals surface area (Å²) in [6, 6.07) is 7.13. The molecular formula is C15H19FN2. The smallest absolute Gasteiger partial charge is 0.124 e. The van der Waals surface area contributed by atoms with Crippen LogP contribution in [0.1, 0.15) is 37.8 Å². The average molecular weight is 246 g/mol. The van der Waals surface area contributed by atoms with Crippen molar-refractivity contribution in [3.05, 3.63) is 35.1 Å². The fourth-order valence-electron chi connectivity index (χ4n) is 2.68. The summed E-state index contributed by atoms with van der Waals surface area (Å²) in [6.45, 7) is 6.29. The predicted molar refractivity (Wildman–Crippen MR) is 69.4 cm³/mol. The third-order valence-corrected chi connectivity index (χ3v) is 3.98. The summed E-state index contributed by atoms with van der Waals surface area (Å²) >= 11 is 0. The first kappa shape index (κ1) is 13.0. The van der Waals surface area contributed by atoms with Gasteiger partial charge < -0.3 is 0 Å². The largest absolute Gasteiger partial charge is 0.296 e. The highest BCUT2D eigenvalue weighted by atomic mass is 19.1. The molecule has 0 aromatic heterocycles. The molecule has 0 aliphatic carbocycles. The van der Waals surface area contributed by atoms with Crippen molar-refractivity contribution in [2.45, 2.75) is 39.3 Å². The molecule has 3 heteroatoms. The van der Waals surface area contributed by atoms with Crippen molar-refractivity contribution in [1.82, 2.24) is 4.90 Å². The molecule has 18 heavy (non-hydrogen) atoms. The van der Waals surface area contributed by atoms with E-state index < -0.39 is 0 Å². The molecule has 1 aromatic carbocycles. The van der Waals surface area contributed by atoms with Crippen LogP contribution in [0.25, 0.3) is 0 Å². The highest BCUT2D eigenvalue weighted by Crippen LogP contribution is 2.24. The number of likely N-dealkylation sites (tertiary alicyclic amines) is 1. The monoisotopic (exact) mass is 246 g/mol. The van der Waals surface area contributed by atoms with Gasteiger partial charge in [0.15, 0.2) is 0 Å². The number of rotatable bonds is 2. The van der Waals surface area contributed by atoms with E-state index in [0.717, 1.165) is 18.7 Å². The summed E-state index contributed by atoms with van der Waals surface area (Å²) in [5, 5.41) is 8.86. The summed E-state index contributed by atoms with van der Waals surface area (Å²) < 4.78 is 13.4. The number of piperidine rings is 1. The Morgan fingerprint density at radius 1 is 1.39 bits per heavy atom. The number of nitrogens with zero attached hydrogens (tertiary/aromatic N) is 2. The minimum absolute atomic E-state index is 0.318. The van der Waals surface area contributed by atoms with Crippen molar-refractivity contribution in [1.29, 1.82) is 5.26 Å². The molecule has 2 rings (SSSR count). The van der Waals surface area contributed by atoms with Crippen molar-refractivity contribution < 1.29 is 4.39 Å². The van der Waals surface area contributed by atoms with E-state index in [-0.39, 0.29) is 5.82 Å². The highest BCUT2D eigenvalue weighted by Gasteiger charge is 2.24. The lowest BCUT2D eigenvalue weighted by Gasteiger charge is -2.38. The van der Waals surface area contributed by atoms with Crippen LogP contribution in [0.5, 0.6) is 0 Å². The van der Waals surface area contributed by atoms with Crippen LogP contribution in [-0.4, -0.2) is 17.5 Å². The van der Waals surface area contributed by atoms with Crippen molar-refractivity contribution in [3.8, 4) is 6.07 Å². The Hall–Kier alpha value is -1.40. The minimum Gasteiger partial charge on any atom is -0.296 e. The zero-order valence-electron chi connectivity index (χ0n) is 11.0. The van der Waals surface area contributed by atoms with Crippen LogP contribution in [0.3, 0.4) is 0 Å². The minimum atomic E-state index is -0.318. The second kappa shape index (κ2) is 5.49. The molecule has 0 radical (unpaired) electrons. The first-order valence-corrected chi connectivity index (χ1v) is 6.54. The topological polar surface area (TPSA) is 27.0 Å². The Balaban J connectivity index is 2.13. The Morgan fingerprint density at radius 3 is 2.89 bits per heavy atom. The summed E-state index contributed by atoms with van der Waals surface area (Å²) in [5.41, 5.74) is 1.30. The zero-order chi connectivity index (χ0) is 13.1. The molecule has 1 aliphatic rings. The molecule has 0 amide bonds. The van der Waals surface area contributed by atoms with Crippen molar-refractivity contribution >= 4 is 0 Å². The van der Waals surface area contributed by atoms with Crippen LogP contribution in [0.15, 0.2) is 18.2 Å². The first-order valence-electron chi connectivity index (χ1n) is 6.54. The van der Waals surface area contributed by atoms with Crippen LogP contribution < -0.4 is 0 Å². The van der Waals surface area contributed by atoms with Gasteiger partial charge in [-0.2, -0.15) is 5.26 Å². The van der Waals surface area contributed by atoms with Gasteiger partial charge >= 0.3 is 0 Å². The van der Waals surface area contributed by atoms with E-state index in [1.807, 2.05) is 6.07 Å². The molecule has 1 fully saturated rings. The first-order chi connectivity index (χ1) is 8.60. The molecule has 1 aliphatic heterocycles. The van der Waals surface area contributed by atoms with Gasteiger partial charge in [0.05, 0.1) is 11.6 Å². The van der Waals surface area contributed by atoms with Crippen LogP contribution in [0.2, 0.25) is 0 Å². The number of hydrogen-bond acceptors (Lipinski definition) is 2. The van der Waals surface area contributed by atoms with E-state index in [9.17, 15) is 4.39 Å². The van der Waals surface area contributed by atoms with Crippen LogP contribution in [0, 0.1) is 23.1 Å². The van der Waals surface area contributed by atoms with E-state index in [4.69, 9.17) is 5.26 Å². The molecule has 2 nitrogen and oxygen atoms in total. The van der Waals surface area contributed by atoms with Gasteiger partial charge in [0.1, 0.15) is 5.82 Å². The van der Waals surface area contributed by atoms with Crippen molar-refractivity contribution in [2.75, 3.05) is 6.54 Å². The lowest BCUT2D eigenvalue weighted by Crippen LogP contribution is -2.41. The molecule has 0 saturated carbocycles. The number of hydrogen-bond donors (Lipinski definition) is 0. The number of benzene rings is 1. The Kier molecular flexibility index (Phi) is 3.98. The fraction of sp³-hybridized carbons (Fsp3) is 0.533. The normalized spacial score (nSPS) is 24.8. The third-order valence-electron chi connectivity index (χ3n) is 3.98. The maximum Gasteiger partial charge on any atom is 0.124 e. The van der Waals surface area contributed by atoms with E-state index in [2.05, 4.69) is 18.7 Å². The second-order valence-electron chi connectivity index (χ2n) is 5.29. The standard InChI is InChI=1S/C15H19FN2/c1-11-4-3-5-18(12(11)2)10-14-6-13(9-17)7-15(16)8-14/h6-8,11-12H,3-5,10H2,1-2H3. The molecule has 0 bridgehead atoms. The van der Waals surface area contributed by atoms with Crippen LogP contribution >= 0.6 is 0 Å². The van der Waals surface area contributed by atoms with Gasteiger partial charge in [-0.1, -0.05) is 6.92 Å². The average Bonchev–Trinajstić information content (AvgIpc) is 2.34. The maximum absolute atomic E-state index is 13.4. The van der Waals surface area contributed by atoms with Gasteiger partial charge in [0.2, 0.25) is 0 Å². The van der Waals surface area contributed by atoms with E-state index in [1.165, 1.54) is 25.0 Å². The van der Waals surface area contributed by atoms with Crippen LogP contribution in [0.4, 0.5) is 4.39 Å². The lowest BCUT2D eigenvalue weighted by atomic mass is 9.91. The molecule has 0 spiro atoms. The van der Waals surface area contributed by atoms with Gasteiger partial charge in [0, 0.05) is 12.6 Å². The molecule has 1 saturated heterocycles. The van der Waals surface area contributed by atoms with Gasteiger partial charge in [-0.3, -0.25) is 4.90 Å². The number of halogens is 1. The van der Waals surface area contributed by atoms with E-state index >= 15 is 0 Å². The maximum atomic E-state index is 13.4. The van der Waals surface area contributed by atoms with E-state index in [1.54, 1.807) is 6.07 Å². The summed E-state index contributed by atoms with van der Waals surface area (Å²) in [7, 11) is 0. The predicted octanol–water partition coefficient (Wildman–Crippen LogP) is 3.32. The van der Waals surface area contributed by atoms with Crippen molar-refractivity contribution in [3.63, 3.8) is 0 Å². The quantitative estimate of drug-likeness (QED) is 0.800. The summed E-state index contributed by atoms with van der Waals surface area (Å²) in [6.07, 6.45) is 2.47. The third kappa shape index (κ3) is 2.88. The molecule has 1 heterocycles. The summed E-state index contributed by atoms with van der Waals surface area (Å²) in [5.74, 6) is 0.365. The van der Waals surface area contributed by atoms with Crippen LogP contribution in [-0.2, 0) is 6.54 Å². The van der Waals surface area contributed by atoms with Gasteiger partial charge in [-0.05, 0) is 56.0 Å². The Labute approximate surface area is 108 Å². The summed E-state index contributed by atoms with van der Waals surface area (Å²) in [4.78, 5) is 2.38. The highest BCUT2D eigenvalue weighted by molar-refractivity contribution is 5.33. The molecule has 2 unspecified atom stereocenters. The molecule has 1 aromatic rings. The molecule has 2 atom stereocenters. The molecule has 0 N–H and O–H groups in total. The van der Waals surface area contributed by atoms with Crippen molar-refractivity contribution in [2.24, 2.45) is 5.92 Å². The Morgan fingerprint density at radius 2 is 2.17 bits per heavy atom. The number of nitriles is 1. The molecule has 96 valence electrons. The molecular weight excluding hydrogens is 227 g/mol. The van der Waals surface area contributed by atoms with Gasteiger partial charge in [-0.15, -0.1) is 0 Å². The SMILES string of the molecule is CC1CCCN(Cc2cc(F)cc(C#N)c2)C1C. The zero-order valence-corrected chi connectivity index (χ0v) is 11.0. The van der Waals surface area contributed by atoms with Gasteiger partial charge in [0.25, 0.3) is 0 Å². The van der Waals surface area contributed by atoms with E-state index in [0.29, 0.717) is 17.5 Å². The Bertz CT molecular complexity index is 464. The lowest BCUT2D eigenvalue weighted by molar-refractivity contribution is 0.106. The van der Waals surface area contributed by atoms with Gasteiger partial charge in [-0.25, -0.2) is 4.39 Å². The fourth-order valence-corrected chi connectivity index (χ4v) is 2.68. The second-order valence-corrected chi connectivity index (χ2v) is 5.29.